The predicted molar refractivity (Wildman–Crippen MR) is 129 cm³/mol. The highest BCUT2D eigenvalue weighted by molar-refractivity contribution is 5.76. The Labute approximate surface area is 186 Å². The highest BCUT2D eigenvalue weighted by Crippen LogP contribution is 2.12. The van der Waals surface area contributed by atoms with E-state index in [0.717, 1.165) is 32.1 Å². The van der Waals surface area contributed by atoms with E-state index >= 15 is 0 Å². The first-order chi connectivity index (χ1) is 14.7. The number of hydrogen-bond donors (Lipinski definition) is 3. The van der Waals surface area contributed by atoms with Crippen LogP contribution in [0.4, 0.5) is 0 Å². The number of hydrogen-bond acceptors (Lipinski definition) is 3. The number of nitrogens with one attached hydrogen (secondary N) is 1. The second-order valence-corrected chi connectivity index (χ2v) is 8.76. The highest BCUT2D eigenvalue weighted by atomic mass is 16.3. The molecule has 0 aromatic carbocycles. The largest absolute Gasteiger partial charge is 0.394 e. The summed E-state index contributed by atoms with van der Waals surface area (Å²) in [6, 6.07) is -0.610. The van der Waals surface area contributed by atoms with Crippen LogP contribution in [0, 0.1) is 0 Å². The van der Waals surface area contributed by atoms with Gasteiger partial charge in [0.05, 0.1) is 18.8 Å². The maximum Gasteiger partial charge on any atom is 0.220 e. The molecule has 0 unspecified atom stereocenters. The number of carbonyl (C=O) groups is 1. The number of carbonyl (C=O) groups excluding carboxylic acids is 1. The van der Waals surface area contributed by atoms with Gasteiger partial charge in [0.25, 0.3) is 0 Å². The molecule has 0 aromatic rings. The summed E-state index contributed by atoms with van der Waals surface area (Å²) in [5.74, 6) is -0.0802. The summed E-state index contributed by atoms with van der Waals surface area (Å²) >= 11 is 0. The molecular formula is C26H51NO3. The molecule has 30 heavy (non-hydrogen) atoms. The third-order valence-corrected chi connectivity index (χ3v) is 5.77. The summed E-state index contributed by atoms with van der Waals surface area (Å²) in [5.41, 5.74) is 0. The van der Waals surface area contributed by atoms with Crippen molar-refractivity contribution in [3.63, 3.8) is 0 Å². The Hall–Kier alpha value is -0.870. The molecule has 0 aliphatic carbocycles. The first-order valence-electron chi connectivity index (χ1n) is 12.9. The third kappa shape index (κ3) is 19.1. The van der Waals surface area contributed by atoms with Crippen LogP contribution in [0.25, 0.3) is 0 Å². The lowest BCUT2D eigenvalue weighted by Crippen LogP contribution is -2.45. The van der Waals surface area contributed by atoms with E-state index in [1.54, 1.807) is 6.08 Å². The van der Waals surface area contributed by atoms with Crippen molar-refractivity contribution in [2.75, 3.05) is 6.61 Å². The second kappa shape index (κ2) is 22.8. The minimum Gasteiger partial charge on any atom is -0.394 e. The summed E-state index contributed by atoms with van der Waals surface area (Å²) in [6.45, 7) is 4.19. The summed E-state index contributed by atoms with van der Waals surface area (Å²) in [7, 11) is 0. The van der Waals surface area contributed by atoms with Crippen molar-refractivity contribution < 1.29 is 15.0 Å². The predicted octanol–water partition coefficient (Wildman–Crippen LogP) is 6.44. The summed E-state index contributed by atoms with van der Waals surface area (Å²) < 4.78 is 0. The molecule has 4 nitrogen and oxygen atoms in total. The molecule has 0 aromatic heterocycles. The first kappa shape index (κ1) is 29.1. The van der Waals surface area contributed by atoms with Crippen LogP contribution in [-0.4, -0.2) is 34.9 Å². The zero-order valence-electron chi connectivity index (χ0n) is 20.0. The van der Waals surface area contributed by atoms with Crippen LogP contribution in [0.1, 0.15) is 129 Å². The van der Waals surface area contributed by atoms with E-state index in [9.17, 15) is 15.0 Å². The van der Waals surface area contributed by atoms with Crippen molar-refractivity contribution in [3.8, 4) is 0 Å². The highest BCUT2D eigenvalue weighted by Gasteiger charge is 2.17. The number of aliphatic hydroxyl groups is 2. The van der Waals surface area contributed by atoms with Crippen LogP contribution in [0.15, 0.2) is 12.2 Å². The SMILES string of the molecule is CCCCCCCCCCCCC/C=C/[C@H](O)[C@H](CO)NC(=O)CCCCCCC. The van der Waals surface area contributed by atoms with Gasteiger partial charge >= 0.3 is 0 Å². The lowest BCUT2D eigenvalue weighted by Gasteiger charge is -2.20. The normalized spacial score (nSPS) is 13.6. The van der Waals surface area contributed by atoms with Gasteiger partial charge in [-0.2, -0.15) is 0 Å². The molecule has 3 N–H and O–H groups in total. The van der Waals surface area contributed by atoms with E-state index in [0.29, 0.717) is 6.42 Å². The Morgan fingerprint density at radius 3 is 1.73 bits per heavy atom. The lowest BCUT2D eigenvalue weighted by molar-refractivity contribution is -0.123. The van der Waals surface area contributed by atoms with Crippen LogP contribution in [0.5, 0.6) is 0 Å². The zero-order valence-corrected chi connectivity index (χ0v) is 20.0. The van der Waals surface area contributed by atoms with E-state index < -0.39 is 12.1 Å². The summed E-state index contributed by atoms with van der Waals surface area (Å²) in [5, 5.41) is 22.5. The van der Waals surface area contributed by atoms with Gasteiger partial charge in [0, 0.05) is 6.42 Å². The third-order valence-electron chi connectivity index (χ3n) is 5.77. The van der Waals surface area contributed by atoms with Crippen LogP contribution in [0.2, 0.25) is 0 Å². The van der Waals surface area contributed by atoms with E-state index in [-0.39, 0.29) is 12.5 Å². The smallest absolute Gasteiger partial charge is 0.220 e. The fraction of sp³-hybridized carbons (Fsp3) is 0.885. The Morgan fingerprint density at radius 2 is 1.23 bits per heavy atom. The number of allylic oxidation sites excluding steroid dienone is 1. The number of rotatable bonds is 22. The molecule has 1 amide bonds. The molecule has 4 heteroatoms. The fourth-order valence-corrected chi connectivity index (χ4v) is 3.70. The van der Waals surface area contributed by atoms with Crippen LogP contribution < -0.4 is 5.32 Å². The maximum atomic E-state index is 12.0. The number of unbranched alkanes of at least 4 members (excludes halogenated alkanes) is 15. The molecule has 0 bridgehead atoms. The van der Waals surface area contributed by atoms with Crippen molar-refractivity contribution in [1.82, 2.24) is 5.32 Å². The van der Waals surface area contributed by atoms with E-state index in [4.69, 9.17) is 0 Å². The first-order valence-corrected chi connectivity index (χ1v) is 12.9. The van der Waals surface area contributed by atoms with Crippen LogP contribution in [-0.2, 0) is 4.79 Å². The van der Waals surface area contributed by atoms with Gasteiger partial charge in [0.2, 0.25) is 5.91 Å². The van der Waals surface area contributed by atoms with Gasteiger partial charge in [-0.3, -0.25) is 4.79 Å². The second-order valence-electron chi connectivity index (χ2n) is 8.76. The molecule has 0 fully saturated rings. The molecule has 0 saturated carbocycles. The average Bonchev–Trinajstić information content (AvgIpc) is 2.75. The average molecular weight is 426 g/mol. The minimum absolute atomic E-state index is 0.0802. The standard InChI is InChI=1S/C26H51NO3/c1-3-5-7-9-10-11-12-13-14-15-16-18-19-21-25(29)24(23-28)27-26(30)22-20-17-8-6-4-2/h19,21,24-25,28-29H,3-18,20,22-23H2,1-2H3,(H,27,30)/b21-19+/t24-,25-/m0/s1. The molecule has 0 heterocycles. The number of amides is 1. The van der Waals surface area contributed by atoms with Gasteiger partial charge in [0.1, 0.15) is 0 Å². The van der Waals surface area contributed by atoms with Crippen molar-refractivity contribution in [2.45, 2.75) is 142 Å². The Bertz CT molecular complexity index is 398. The van der Waals surface area contributed by atoms with Gasteiger partial charge in [-0.05, 0) is 19.3 Å². The maximum absolute atomic E-state index is 12.0. The molecule has 0 saturated heterocycles. The molecule has 178 valence electrons. The summed E-state index contributed by atoms with van der Waals surface area (Å²) in [4.78, 5) is 12.0. The molecule has 0 aliphatic rings. The molecule has 0 aliphatic heterocycles. The van der Waals surface area contributed by atoms with Gasteiger partial charge in [-0.15, -0.1) is 0 Å². The van der Waals surface area contributed by atoms with E-state index in [1.807, 2.05) is 6.08 Å². The lowest BCUT2D eigenvalue weighted by atomic mass is 10.0. The van der Waals surface area contributed by atoms with E-state index in [1.165, 1.54) is 77.0 Å². The molecule has 2 atom stereocenters. The topological polar surface area (TPSA) is 69.6 Å². The van der Waals surface area contributed by atoms with Crippen LogP contribution in [0.3, 0.4) is 0 Å². The Balaban J connectivity index is 3.69. The monoisotopic (exact) mass is 425 g/mol. The molecule has 0 radical (unpaired) electrons. The van der Waals surface area contributed by atoms with Gasteiger partial charge in [-0.25, -0.2) is 0 Å². The molecular weight excluding hydrogens is 374 g/mol. The number of aliphatic hydroxyl groups excluding tert-OH is 2. The zero-order chi connectivity index (χ0) is 22.3. The van der Waals surface area contributed by atoms with Crippen molar-refractivity contribution in [1.29, 1.82) is 0 Å². The summed E-state index contributed by atoms with van der Waals surface area (Å²) in [6.07, 6.45) is 24.4. The minimum atomic E-state index is -0.827. The van der Waals surface area contributed by atoms with Gasteiger partial charge in [-0.1, -0.05) is 116 Å². The van der Waals surface area contributed by atoms with Crippen LogP contribution >= 0.6 is 0 Å². The quantitative estimate of drug-likeness (QED) is 0.138. The van der Waals surface area contributed by atoms with Crippen molar-refractivity contribution >= 4 is 5.91 Å². The van der Waals surface area contributed by atoms with E-state index in [2.05, 4.69) is 19.2 Å². The molecule has 0 spiro atoms. The fourth-order valence-electron chi connectivity index (χ4n) is 3.70. The Morgan fingerprint density at radius 1 is 0.767 bits per heavy atom. The van der Waals surface area contributed by atoms with Gasteiger partial charge < -0.3 is 15.5 Å². The van der Waals surface area contributed by atoms with Gasteiger partial charge in [0.15, 0.2) is 0 Å². The van der Waals surface area contributed by atoms with Crippen molar-refractivity contribution in [3.05, 3.63) is 12.2 Å². The van der Waals surface area contributed by atoms with Crippen molar-refractivity contribution in [2.24, 2.45) is 0 Å². The Kier molecular flexibility index (Phi) is 22.1. The molecule has 0 rings (SSSR count).